The van der Waals surface area contributed by atoms with E-state index < -0.39 is 5.60 Å². The molecule has 0 bridgehead atoms. The predicted molar refractivity (Wildman–Crippen MR) is 101 cm³/mol. The molecule has 1 aromatic rings. The lowest BCUT2D eigenvalue weighted by atomic mass is 9.93. The average Bonchev–Trinajstić information content (AvgIpc) is 2.89. The van der Waals surface area contributed by atoms with Gasteiger partial charge in [0.25, 0.3) is 0 Å². The number of amides is 1. The van der Waals surface area contributed by atoms with Gasteiger partial charge in [-0.2, -0.15) is 11.8 Å². The average molecular weight is 388 g/mol. The summed E-state index contributed by atoms with van der Waals surface area (Å²) in [5.41, 5.74) is 0.708. The monoisotopic (exact) mass is 387 g/mol. The Hall–Kier alpha value is -0.580. The van der Waals surface area contributed by atoms with Crippen molar-refractivity contribution in [2.45, 2.75) is 31.8 Å². The Morgan fingerprint density at radius 2 is 2.08 bits per heavy atom. The SMILES string of the molecule is CSC[C@@H]1[C@H]2CN(C(=O)OC(C)(C)C)C[C@@]12c1ccc(Cl)c(Cl)c1. The molecule has 1 amide bonds. The molecule has 1 aliphatic heterocycles. The second-order valence-electron chi connectivity index (χ2n) is 7.70. The maximum absolute atomic E-state index is 12.4. The number of rotatable bonds is 3. The summed E-state index contributed by atoms with van der Waals surface area (Å²) in [6, 6.07) is 5.88. The van der Waals surface area contributed by atoms with Crippen LogP contribution in [0.3, 0.4) is 0 Å². The van der Waals surface area contributed by atoms with E-state index in [9.17, 15) is 4.79 Å². The van der Waals surface area contributed by atoms with Crippen LogP contribution in [0, 0.1) is 11.8 Å². The summed E-state index contributed by atoms with van der Waals surface area (Å²) in [5.74, 6) is 2.13. The number of piperidine rings is 1. The number of hydrogen-bond donors (Lipinski definition) is 0. The quantitative estimate of drug-likeness (QED) is 0.722. The smallest absolute Gasteiger partial charge is 0.410 e. The lowest BCUT2D eigenvalue weighted by Gasteiger charge is -2.28. The molecule has 1 heterocycles. The molecule has 2 fully saturated rings. The lowest BCUT2D eigenvalue weighted by Crippen LogP contribution is -2.39. The van der Waals surface area contributed by atoms with Gasteiger partial charge < -0.3 is 9.64 Å². The minimum Gasteiger partial charge on any atom is -0.444 e. The number of halogens is 2. The number of thioether (sulfide) groups is 1. The fraction of sp³-hybridized carbons (Fsp3) is 0.611. The van der Waals surface area contributed by atoms with Gasteiger partial charge in [-0.3, -0.25) is 0 Å². The first-order chi connectivity index (χ1) is 11.2. The number of likely N-dealkylation sites (tertiary alicyclic amines) is 1. The van der Waals surface area contributed by atoms with Gasteiger partial charge in [-0.05, 0) is 62.3 Å². The van der Waals surface area contributed by atoms with Crippen LogP contribution < -0.4 is 0 Å². The zero-order valence-electron chi connectivity index (χ0n) is 14.4. The van der Waals surface area contributed by atoms with Gasteiger partial charge >= 0.3 is 6.09 Å². The van der Waals surface area contributed by atoms with Gasteiger partial charge in [0, 0.05) is 18.5 Å². The maximum Gasteiger partial charge on any atom is 0.410 e. The van der Waals surface area contributed by atoms with E-state index in [1.165, 1.54) is 5.56 Å². The van der Waals surface area contributed by atoms with Crippen molar-refractivity contribution in [1.82, 2.24) is 4.90 Å². The third-order valence-corrected chi connectivity index (χ3v) is 6.46. The van der Waals surface area contributed by atoms with Gasteiger partial charge in [0.1, 0.15) is 5.60 Å². The number of carbonyl (C=O) groups excluding carboxylic acids is 1. The lowest BCUT2D eigenvalue weighted by molar-refractivity contribution is 0.0263. The normalized spacial score (nSPS) is 28.7. The van der Waals surface area contributed by atoms with E-state index >= 15 is 0 Å². The van der Waals surface area contributed by atoms with Gasteiger partial charge in [0.2, 0.25) is 0 Å². The molecule has 3 rings (SSSR count). The largest absolute Gasteiger partial charge is 0.444 e. The van der Waals surface area contributed by atoms with Crippen LogP contribution in [-0.4, -0.2) is 41.7 Å². The van der Waals surface area contributed by atoms with Crippen molar-refractivity contribution in [3.63, 3.8) is 0 Å². The van der Waals surface area contributed by atoms with Crippen LogP contribution >= 0.6 is 35.0 Å². The van der Waals surface area contributed by atoms with E-state index in [-0.39, 0.29) is 11.5 Å². The summed E-state index contributed by atoms with van der Waals surface area (Å²) in [4.78, 5) is 14.3. The minimum atomic E-state index is -0.473. The van der Waals surface area contributed by atoms with Crippen molar-refractivity contribution in [1.29, 1.82) is 0 Å². The van der Waals surface area contributed by atoms with Crippen molar-refractivity contribution < 1.29 is 9.53 Å². The van der Waals surface area contributed by atoms with Gasteiger partial charge in [0.15, 0.2) is 0 Å². The second kappa shape index (κ2) is 6.30. The Morgan fingerprint density at radius 3 is 2.67 bits per heavy atom. The predicted octanol–water partition coefficient (Wildman–Crippen LogP) is 5.09. The van der Waals surface area contributed by atoms with Crippen LogP contribution in [0.2, 0.25) is 10.0 Å². The molecule has 132 valence electrons. The fourth-order valence-electron chi connectivity index (χ4n) is 3.96. The standard InChI is InChI=1S/C18H23Cl2NO2S/c1-17(2,3)23-16(22)21-8-12-13(9-24-4)18(12,10-21)11-5-6-14(19)15(20)7-11/h5-7,12-13H,8-10H2,1-4H3/t12-,13-,18+/m1/s1. The van der Waals surface area contributed by atoms with Gasteiger partial charge in [-0.1, -0.05) is 29.3 Å². The number of hydrogen-bond acceptors (Lipinski definition) is 3. The van der Waals surface area contributed by atoms with Crippen molar-refractivity contribution in [3.05, 3.63) is 33.8 Å². The van der Waals surface area contributed by atoms with Gasteiger partial charge in [-0.15, -0.1) is 0 Å². The van der Waals surface area contributed by atoms with Crippen molar-refractivity contribution in [2.75, 3.05) is 25.1 Å². The molecule has 1 saturated carbocycles. The summed E-state index contributed by atoms with van der Waals surface area (Å²) in [6.45, 7) is 7.13. The van der Waals surface area contributed by atoms with E-state index in [1.807, 2.05) is 49.6 Å². The van der Waals surface area contributed by atoms with Crippen LogP contribution in [-0.2, 0) is 10.2 Å². The zero-order valence-corrected chi connectivity index (χ0v) is 16.8. The molecule has 3 atom stereocenters. The van der Waals surface area contributed by atoms with E-state index in [1.54, 1.807) is 0 Å². The topological polar surface area (TPSA) is 29.5 Å². The summed E-state index contributed by atoms with van der Waals surface area (Å²) in [5, 5.41) is 1.14. The highest BCUT2D eigenvalue weighted by molar-refractivity contribution is 7.98. The molecular formula is C18H23Cl2NO2S. The molecule has 1 aliphatic carbocycles. The highest BCUT2D eigenvalue weighted by atomic mass is 35.5. The Balaban J connectivity index is 1.84. The molecular weight excluding hydrogens is 365 g/mol. The van der Waals surface area contributed by atoms with Crippen molar-refractivity contribution in [3.8, 4) is 0 Å². The Labute approximate surface area is 158 Å². The summed E-state index contributed by atoms with van der Waals surface area (Å²) < 4.78 is 5.54. The van der Waals surface area contributed by atoms with Crippen molar-refractivity contribution in [2.24, 2.45) is 11.8 Å². The van der Waals surface area contributed by atoms with Crippen LogP contribution in [0.15, 0.2) is 18.2 Å². The third kappa shape index (κ3) is 3.13. The molecule has 24 heavy (non-hydrogen) atoms. The molecule has 0 aromatic heterocycles. The Morgan fingerprint density at radius 1 is 1.38 bits per heavy atom. The molecule has 0 radical (unpaired) electrons. The maximum atomic E-state index is 12.4. The van der Waals surface area contributed by atoms with Crippen LogP contribution in [0.5, 0.6) is 0 Å². The number of nitrogens with zero attached hydrogens (tertiary/aromatic N) is 1. The molecule has 6 heteroatoms. The third-order valence-electron chi connectivity index (χ3n) is 5.02. The summed E-state index contributed by atoms with van der Waals surface area (Å²) >= 11 is 14.2. The number of benzene rings is 1. The second-order valence-corrected chi connectivity index (χ2v) is 9.42. The Bertz CT molecular complexity index is 661. The van der Waals surface area contributed by atoms with Crippen LogP contribution in [0.1, 0.15) is 26.3 Å². The van der Waals surface area contributed by atoms with Crippen molar-refractivity contribution >= 4 is 41.1 Å². The summed E-state index contributed by atoms with van der Waals surface area (Å²) in [6.07, 6.45) is 1.90. The van der Waals surface area contributed by atoms with E-state index in [0.717, 1.165) is 12.3 Å². The first kappa shape index (κ1) is 18.2. The fourth-order valence-corrected chi connectivity index (χ4v) is 5.15. The minimum absolute atomic E-state index is 0.00581. The molecule has 0 unspecified atom stereocenters. The molecule has 1 aromatic carbocycles. The molecule has 2 aliphatic rings. The first-order valence-electron chi connectivity index (χ1n) is 8.11. The van der Waals surface area contributed by atoms with Crippen LogP contribution in [0.25, 0.3) is 0 Å². The van der Waals surface area contributed by atoms with Crippen LogP contribution in [0.4, 0.5) is 4.79 Å². The van der Waals surface area contributed by atoms with E-state index in [2.05, 4.69) is 12.3 Å². The zero-order chi connectivity index (χ0) is 17.7. The molecule has 0 spiro atoms. The number of ether oxygens (including phenoxy) is 1. The van der Waals surface area contributed by atoms with E-state index in [0.29, 0.717) is 28.4 Å². The molecule has 3 nitrogen and oxygen atoms in total. The highest BCUT2D eigenvalue weighted by Crippen LogP contribution is 2.65. The van der Waals surface area contributed by atoms with E-state index in [4.69, 9.17) is 27.9 Å². The highest BCUT2D eigenvalue weighted by Gasteiger charge is 2.70. The first-order valence-corrected chi connectivity index (χ1v) is 10.3. The molecule has 1 saturated heterocycles. The molecule has 0 N–H and O–H groups in total. The number of carbonyl (C=O) groups is 1. The van der Waals surface area contributed by atoms with Gasteiger partial charge in [-0.25, -0.2) is 4.79 Å². The summed E-state index contributed by atoms with van der Waals surface area (Å²) in [7, 11) is 0. The van der Waals surface area contributed by atoms with Gasteiger partial charge in [0.05, 0.1) is 10.0 Å². The number of fused-ring (bicyclic) bond motifs is 1. The Kier molecular flexibility index (Phi) is 4.78.